The smallest absolute Gasteiger partial charge is 0.229 e. The molecule has 1 aliphatic rings. The Morgan fingerprint density at radius 1 is 0.786 bits per heavy atom. The first-order valence-electron chi connectivity index (χ1n) is 9.28. The van der Waals surface area contributed by atoms with Crippen LogP contribution in [0.2, 0.25) is 0 Å². The van der Waals surface area contributed by atoms with E-state index in [1.54, 1.807) is 0 Å². The van der Waals surface area contributed by atoms with Gasteiger partial charge in [0.25, 0.3) is 0 Å². The summed E-state index contributed by atoms with van der Waals surface area (Å²) in [4.78, 5) is 12.9. The van der Waals surface area contributed by atoms with Crippen molar-refractivity contribution in [1.29, 1.82) is 0 Å². The van der Waals surface area contributed by atoms with E-state index in [9.17, 15) is 4.79 Å². The van der Waals surface area contributed by atoms with Gasteiger partial charge in [0.1, 0.15) is 0 Å². The maximum absolute atomic E-state index is 12.9. The Balaban J connectivity index is 0.00000225. The van der Waals surface area contributed by atoms with E-state index in [0.29, 0.717) is 6.54 Å². The van der Waals surface area contributed by atoms with Crippen molar-refractivity contribution in [3.05, 3.63) is 90.5 Å². The Kier molecular flexibility index (Phi) is 6.69. The molecule has 0 aliphatic carbocycles. The fourth-order valence-electron chi connectivity index (χ4n) is 3.60. The third-order valence-electron chi connectivity index (χ3n) is 4.97. The molecule has 1 fully saturated rings. The number of carbonyl (C=O) groups excluding carboxylic acids is 1. The average Bonchev–Trinajstić information content (AvgIpc) is 3.20. The van der Waals surface area contributed by atoms with Gasteiger partial charge < -0.3 is 16.0 Å². The topological polar surface area (TPSA) is 53.2 Å². The number of halogens is 1. The van der Waals surface area contributed by atoms with Gasteiger partial charge in [0, 0.05) is 36.1 Å². The van der Waals surface area contributed by atoms with Crippen LogP contribution in [-0.4, -0.2) is 19.0 Å². The van der Waals surface area contributed by atoms with Crippen molar-refractivity contribution >= 4 is 35.4 Å². The number of amides is 1. The summed E-state index contributed by atoms with van der Waals surface area (Å²) in [6.45, 7) is 1.53. The molecule has 4 rings (SSSR count). The highest BCUT2D eigenvalue weighted by molar-refractivity contribution is 5.94. The number of rotatable bonds is 5. The molecule has 3 aromatic carbocycles. The summed E-state index contributed by atoms with van der Waals surface area (Å²) in [6, 6.07) is 28.1. The summed E-state index contributed by atoms with van der Waals surface area (Å²) >= 11 is 0. The van der Waals surface area contributed by atoms with Crippen LogP contribution in [0.4, 0.5) is 17.1 Å². The first kappa shape index (κ1) is 19.9. The molecule has 5 heteroatoms. The lowest BCUT2D eigenvalue weighted by Crippen LogP contribution is -2.28. The van der Waals surface area contributed by atoms with Crippen molar-refractivity contribution < 1.29 is 4.79 Å². The first-order valence-corrected chi connectivity index (χ1v) is 9.28. The molecule has 0 aromatic heterocycles. The fourth-order valence-corrected chi connectivity index (χ4v) is 3.60. The van der Waals surface area contributed by atoms with Gasteiger partial charge in [0.2, 0.25) is 5.91 Å². The predicted molar refractivity (Wildman–Crippen MR) is 118 cm³/mol. The summed E-state index contributed by atoms with van der Waals surface area (Å²) in [6.07, 6.45) is 0. The zero-order valence-electron chi connectivity index (χ0n) is 15.5. The predicted octanol–water partition coefficient (Wildman–Crippen LogP) is 4.79. The van der Waals surface area contributed by atoms with Crippen LogP contribution < -0.4 is 16.0 Å². The lowest BCUT2D eigenvalue weighted by molar-refractivity contribution is -0.119. The molecule has 0 saturated carbocycles. The van der Waals surface area contributed by atoms with Crippen molar-refractivity contribution in [3.63, 3.8) is 0 Å². The Bertz CT molecular complexity index is 902. The van der Waals surface area contributed by atoms with E-state index in [-0.39, 0.29) is 30.2 Å². The second-order valence-electron chi connectivity index (χ2n) is 6.84. The van der Waals surface area contributed by atoms with E-state index in [1.807, 2.05) is 72.8 Å². The summed E-state index contributed by atoms with van der Waals surface area (Å²) in [5.74, 6) is 0.195. The number of para-hydroxylation sites is 1. The minimum atomic E-state index is -0.0712. The Labute approximate surface area is 171 Å². The van der Waals surface area contributed by atoms with Crippen LogP contribution in [0.3, 0.4) is 0 Å². The molecule has 1 unspecified atom stereocenters. The van der Waals surface area contributed by atoms with Crippen molar-refractivity contribution in [2.45, 2.75) is 5.92 Å². The maximum Gasteiger partial charge on any atom is 0.229 e. The quantitative estimate of drug-likeness (QED) is 0.584. The van der Waals surface area contributed by atoms with Crippen molar-refractivity contribution in [1.82, 2.24) is 5.32 Å². The normalized spacial score (nSPS) is 18.1. The summed E-state index contributed by atoms with van der Waals surface area (Å²) in [5.41, 5.74) is 3.98. The number of nitrogens with one attached hydrogen (secondary N) is 3. The van der Waals surface area contributed by atoms with Gasteiger partial charge in [0.15, 0.2) is 0 Å². The third kappa shape index (κ3) is 4.71. The molecule has 2 atom stereocenters. The SMILES string of the molecule is Cl.O=C(Nc1cccc(Nc2ccccc2)c1)[C@H]1CNCC1c1ccccc1. The Hall–Kier alpha value is -2.82. The number of hydrogen-bond acceptors (Lipinski definition) is 3. The largest absolute Gasteiger partial charge is 0.355 e. The van der Waals surface area contributed by atoms with Gasteiger partial charge >= 0.3 is 0 Å². The van der Waals surface area contributed by atoms with E-state index in [0.717, 1.165) is 23.6 Å². The highest BCUT2D eigenvalue weighted by atomic mass is 35.5. The van der Waals surface area contributed by atoms with Crippen molar-refractivity contribution in [2.24, 2.45) is 5.92 Å². The number of carbonyl (C=O) groups is 1. The first-order chi connectivity index (χ1) is 13.3. The number of benzene rings is 3. The van der Waals surface area contributed by atoms with Gasteiger partial charge in [0.05, 0.1) is 5.92 Å². The molecule has 144 valence electrons. The zero-order chi connectivity index (χ0) is 18.5. The summed E-state index contributed by atoms with van der Waals surface area (Å²) in [7, 11) is 0. The van der Waals surface area contributed by atoms with Gasteiger partial charge in [-0.05, 0) is 35.9 Å². The molecule has 3 aromatic rings. The van der Waals surface area contributed by atoms with E-state index in [4.69, 9.17) is 0 Å². The molecular weight excluding hydrogens is 370 g/mol. The Morgan fingerprint density at radius 3 is 2.18 bits per heavy atom. The van der Waals surface area contributed by atoms with Gasteiger partial charge in [-0.25, -0.2) is 0 Å². The minimum Gasteiger partial charge on any atom is -0.355 e. The lowest BCUT2D eigenvalue weighted by atomic mass is 9.88. The standard InChI is InChI=1S/C23H23N3O.ClH/c27-23(22-16-24-15-21(22)17-8-3-1-4-9-17)26-20-13-7-12-19(14-20)25-18-10-5-2-6-11-18;/h1-14,21-22,24-25H,15-16H2,(H,26,27);1H/t21?,22-;/m0./s1. The molecule has 4 nitrogen and oxygen atoms in total. The highest BCUT2D eigenvalue weighted by Crippen LogP contribution is 2.29. The molecule has 0 spiro atoms. The lowest BCUT2D eigenvalue weighted by Gasteiger charge is -2.19. The molecule has 0 bridgehead atoms. The van der Waals surface area contributed by atoms with Crippen LogP contribution in [0.25, 0.3) is 0 Å². The van der Waals surface area contributed by atoms with Crippen LogP contribution in [-0.2, 0) is 4.79 Å². The second kappa shape index (κ2) is 9.40. The molecule has 1 amide bonds. The molecular formula is C23H24ClN3O. The number of hydrogen-bond donors (Lipinski definition) is 3. The molecule has 3 N–H and O–H groups in total. The molecule has 28 heavy (non-hydrogen) atoms. The minimum absolute atomic E-state index is 0. The Morgan fingerprint density at radius 2 is 1.43 bits per heavy atom. The van der Waals surface area contributed by atoms with Crippen LogP contribution in [0.15, 0.2) is 84.9 Å². The molecule has 1 aliphatic heterocycles. The van der Waals surface area contributed by atoms with Crippen LogP contribution in [0, 0.1) is 5.92 Å². The second-order valence-corrected chi connectivity index (χ2v) is 6.84. The summed E-state index contributed by atoms with van der Waals surface area (Å²) in [5, 5.41) is 9.81. The van der Waals surface area contributed by atoms with Crippen LogP contribution in [0.1, 0.15) is 11.5 Å². The van der Waals surface area contributed by atoms with E-state index in [2.05, 4.69) is 28.1 Å². The van der Waals surface area contributed by atoms with Gasteiger partial charge in [-0.15, -0.1) is 12.4 Å². The maximum atomic E-state index is 12.9. The summed E-state index contributed by atoms with van der Waals surface area (Å²) < 4.78 is 0. The average molecular weight is 394 g/mol. The van der Waals surface area contributed by atoms with Crippen LogP contribution in [0.5, 0.6) is 0 Å². The van der Waals surface area contributed by atoms with E-state index >= 15 is 0 Å². The highest BCUT2D eigenvalue weighted by Gasteiger charge is 2.33. The van der Waals surface area contributed by atoms with Crippen molar-refractivity contribution in [2.75, 3.05) is 23.7 Å². The molecule has 1 heterocycles. The van der Waals surface area contributed by atoms with Crippen molar-refractivity contribution in [3.8, 4) is 0 Å². The van der Waals surface area contributed by atoms with E-state index in [1.165, 1.54) is 5.56 Å². The van der Waals surface area contributed by atoms with Gasteiger partial charge in [-0.2, -0.15) is 0 Å². The van der Waals surface area contributed by atoms with Gasteiger partial charge in [-0.1, -0.05) is 54.6 Å². The fraction of sp³-hybridized carbons (Fsp3) is 0.174. The zero-order valence-corrected chi connectivity index (χ0v) is 16.3. The van der Waals surface area contributed by atoms with Gasteiger partial charge in [-0.3, -0.25) is 4.79 Å². The van der Waals surface area contributed by atoms with Crippen LogP contribution >= 0.6 is 12.4 Å². The molecule has 0 radical (unpaired) electrons. The third-order valence-corrected chi connectivity index (χ3v) is 4.97. The number of anilines is 3. The molecule has 1 saturated heterocycles. The van der Waals surface area contributed by atoms with E-state index < -0.39 is 0 Å². The monoisotopic (exact) mass is 393 g/mol.